The topological polar surface area (TPSA) is 70.4 Å². The fourth-order valence-corrected chi connectivity index (χ4v) is 2.27. The average Bonchev–Trinajstić information content (AvgIpc) is 2.78. The molecule has 118 valence electrons. The molecular formula is C15H19ClN4O2. The fraction of sp³-hybridized carbons (Fsp3) is 0.333. The molecule has 0 radical (unpaired) electrons. The van der Waals surface area contributed by atoms with Crippen LogP contribution >= 0.6 is 11.6 Å². The van der Waals surface area contributed by atoms with Gasteiger partial charge in [-0.3, -0.25) is 5.32 Å². The zero-order valence-electron chi connectivity index (χ0n) is 12.7. The number of halogens is 1. The monoisotopic (exact) mass is 322 g/mol. The van der Waals surface area contributed by atoms with Gasteiger partial charge < -0.3 is 10.0 Å². The van der Waals surface area contributed by atoms with Crippen LogP contribution in [0.5, 0.6) is 0 Å². The van der Waals surface area contributed by atoms with Crippen molar-refractivity contribution in [1.29, 1.82) is 0 Å². The van der Waals surface area contributed by atoms with Gasteiger partial charge in [0.25, 0.3) is 0 Å². The second-order valence-corrected chi connectivity index (χ2v) is 5.66. The van der Waals surface area contributed by atoms with Crippen LogP contribution in [0, 0.1) is 6.92 Å². The van der Waals surface area contributed by atoms with E-state index in [2.05, 4.69) is 10.4 Å². The molecule has 1 atom stereocenters. The molecule has 0 bridgehead atoms. The molecular weight excluding hydrogens is 304 g/mol. The zero-order valence-corrected chi connectivity index (χ0v) is 13.5. The van der Waals surface area contributed by atoms with Crippen molar-refractivity contribution >= 4 is 23.4 Å². The molecule has 7 heteroatoms. The Morgan fingerprint density at radius 3 is 2.86 bits per heavy atom. The standard InChI is InChI=1S/C15H19ClN4O2/c1-10-7-14(17-15(22)19(3)9-11(2)21)18-20(10)13-6-4-5-12(16)8-13/h4-8,11,21H,9H2,1-3H3,(H,17,18,22)/t11-/m1/s1. The van der Waals surface area contributed by atoms with Gasteiger partial charge in [-0.15, -0.1) is 5.10 Å². The largest absolute Gasteiger partial charge is 0.392 e. The predicted octanol–water partition coefficient (Wildman–Crippen LogP) is 2.68. The molecule has 1 aromatic carbocycles. The van der Waals surface area contributed by atoms with Crippen molar-refractivity contribution in [2.45, 2.75) is 20.0 Å². The summed E-state index contributed by atoms with van der Waals surface area (Å²) in [5, 5.41) is 17.0. The second-order valence-electron chi connectivity index (χ2n) is 5.22. The predicted molar refractivity (Wildman–Crippen MR) is 86.6 cm³/mol. The minimum absolute atomic E-state index is 0.250. The molecule has 1 aromatic heterocycles. The van der Waals surface area contributed by atoms with Crippen molar-refractivity contribution in [3.05, 3.63) is 41.0 Å². The van der Waals surface area contributed by atoms with Crippen LogP contribution < -0.4 is 5.32 Å². The molecule has 2 amide bonds. The molecule has 22 heavy (non-hydrogen) atoms. The lowest BCUT2D eigenvalue weighted by atomic mass is 10.3. The van der Waals surface area contributed by atoms with E-state index >= 15 is 0 Å². The first-order valence-electron chi connectivity index (χ1n) is 6.89. The Morgan fingerprint density at radius 2 is 2.23 bits per heavy atom. The molecule has 0 spiro atoms. The van der Waals surface area contributed by atoms with E-state index in [1.54, 1.807) is 36.9 Å². The maximum atomic E-state index is 12.0. The Kier molecular flexibility index (Phi) is 5.05. The molecule has 0 aliphatic rings. The van der Waals surface area contributed by atoms with Gasteiger partial charge in [0.2, 0.25) is 0 Å². The van der Waals surface area contributed by atoms with E-state index < -0.39 is 6.10 Å². The smallest absolute Gasteiger partial charge is 0.322 e. The summed E-state index contributed by atoms with van der Waals surface area (Å²) in [4.78, 5) is 13.4. The summed E-state index contributed by atoms with van der Waals surface area (Å²) in [6, 6.07) is 8.76. The Bertz CT molecular complexity index is 669. The maximum absolute atomic E-state index is 12.0. The highest BCUT2D eigenvalue weighted by atomic mass is 35.5. The van der Waals surface area contributed by atoms with E-state index in [9.17, 15) is 9.90 Å². The first kappa shape index (κ1) is 16.3. The number of carbonyl (C=O) groups is 1. The van der Waals surface area contributed by atoms with Crippen LogP contribution in [0.25, 0.3) is 5.69 Å². The van der Waals surface area contributed by atoms with Crippen LogP contribution in [0.2, 0.25) is 5.02 Å². The lowest BCUT2D eigenvalue weighted by Gasteiger charge is -2.18. The summed E-state index contributed by atoms with van der Waals surface area (Å²) < 4.78 is 1.70. The highest BCUT2D eigenvalue weighted by molar-refractivity contribution is 6.30. The number of nitrogens with zero attached hydrogens (tertiary/aromatic N) is 3. The number of nitrogens with one attached hydrogen (secondary N) is 1. The molecule has 0 aliphatic carbocycles. The Hall–Kier alpha value is -2.05. The van der Waals surface area contributed by atoms with Gasteiger partial charge in [-0.2, -0.15) is 0 Å². The number of aromatic nitrogens is 2. The van der Waals surface area contributed by atoms with Gasteiger partial charge >= 0.3 is 6.03 Å². The van der Waals surface area contributed by atoms with Gasteiger partial charge in [-0.1, -0.05) is 17.7 Å². The first-order valence-corrected chi connectivity index (χ1v) is 7.27. The van der Waals surface area contributed by atoms with Gasteiger partial charge in [0.1, 0.15) is 0 Å². The number of amides is 2. The summed E-state index contributed by atoms with van der Waals surface area (Å²) in [7, 11) is 1.61. The summed E-state index contributed by atoms with van der Waals surface area (Å²) in [6.45, 7) is 3.77. The van der Waals surface area contributed by atoms with Crippen LogP contribution in [-0.2, 0) is 0 Å². The minimum atomic E-state index is -0.582. The van der Waals surface area contributed by atoms with Gasteiger partial charge in [0, 0.05) is 30.4 Å². The van der Waals surface area contributed by atoms with Crippen LogP contribution in [0.4, 0.5) is 10.6 Å². The normalized spacial score (nSPS) is 12.0. The van der Waals surface area contributed by atoms with Crippen LogP contribution in [0.15, 0.2) is 30.3 Å². The van der Waals surface area contributed by atoms with E-state index in [0.717, 1.165) is 11.4 Å². The summed E-state index contributed by atoms with van der Waals surface area (Å²) in [6.07, 6.45) is -0.582. The molecule has 0 fully saturated rings. The van der Waals surface area contributed by atoms with Crippen LogP contribution in [0.3, 0.4) is 0 Å². The van der Waals surface area contributed by atoms with Crippen molar-refractivity contribution in [3.63, 3.8) is 0 Å². The number of rotatable bonds is 4. The average molecular weight is 323 g/mol. The van der Waals surface area contributed by atoms with Gasteiger partial charge in [0.15, 0.2) is 5.82 Å². The van der Waals surface area contributed by atoms with Gasteiger partial charge in [-0.25, -0.2) is 9.48 Å². The molecule has 2 aromatic rings. The Labute approximate surface area is 134 Å². The number of anilines is 1. The highest BCUT2D eigenvalue weighted by Crippen LogP contribution is 2.18. The van der Waals surface area contributed by atoms with E-state index in [1.807, 2.05) is 19.1 Å². The Balaban J connectivity index is 2.15. The third-order valence-electron chi connectivity index (χ3n) is 3.06. The number of likely N-dealkylation sites (N-methyl/N-ethyl adjacent to an activating group) is 1. The van der Waals surface area contributed by atoms with Crippen LogP contribution in [0.1, 0.15) is 12.6 Å². The number of benzene rings is 1. The zero-order chi connectivity index (χ0) is 16.3. The van der Waals surface area contributed by atoms with E-state index in [-0.39, 0.29) is 12.6 Å². The van der Waals surface area contributed by atoms with Crippen molar-refractivity contribution < 1.29 is 9.90 Å². The second kappa shape index (κ2) is 6.81. The van der Waals surface area contributed by atoms with Crippen molar-refractivity contribution in [1.82, 2.24) is 14.7 Å². The number of aryl methyl sites for hydroxylation is 1. The van der Waals surface area contributed by atoms with Crippen molar-refractivity contribution in [2.24, 2.45) is 0 Å². The van der Waals surface area contributed by atoms with Crippen molar-refractivity contribution in [3.8, 4) is 5.69 Å². The molecule has 0 saturated heterocycles. The quantitative estimate of drug-likeness (QED) is 0.909. The van der Waals surface area contributed by atoms with Crippen molar-refractivity contribution in [2.75, 3.05) is 18.9 Å². The van der Waals surface area contributed by atoms with E-state index in [1.165, 1.54) is 4.90 Å². The maximum Gasteiger partial charge on any atom is 0.322 e. The minimum Gasteiger partial charge on any atom is -0.392 e. The number of hydrogen-bond acceptors (Lipinski definition) is 3. The lowest BCUT2D eigenvalue weighted by molar-refractivity contribution is 0.149. The summed E-state index contributed by atoms with van der Waals surface area (Å²) in [5.74, 6) is 0.444. The third-order valence-corrected chi connectivity index (χ3v) is 3.30. The molecule has 6 nitrogen and oxygen atoms in total. The number of aliphatic hydroxyl groups excluding tert-OH is 1. The molecule has 0 unspecified atom stereocenters. The van der Waals surface area contributed by atoms with Crippen LogP contribution in [-0.4, -0.2) is 45.5 Å². The van der Waals surface area contributed by atoms with Gasteiger partial charge in [-0.05, 0) is 32.0 Å². The molecule has 0 aliphatic heterocycles. The number of hydrogen-bond donors (Lipinski definition) is 2. The SMILES string of the molecule is Cc1cc(NC(=O)N(C)C[C@@H](C)O)nn1-c1cccc(Cl)c1. The number of aliphatic hydroxyl groups is 1. The molecule has 2 N–H and O–H groups in total. The van der Waals surface area contributed by atoms with Gasteiger partial charge in [0.05, 0.1) is 11.8 Å². The summed E-state index contributed by atoms with van der Waals surface area (Å²) in [5.41, 5.74) is 1.69. The number of urea groups is 1. The summed E-state index contributed by atoms with van der Waals surface area (Å²) >= 11 is 5.99. The molecule has 0 saturated carbocycles. The highest BCUT2D eigenvalue weighted by Gasteiger charge is 2.14. The molecule has 2 rings (SSSR count). The molecule has 1 heterocycles. The lowest BCUT2D eigenvalue weighted by Crippen LogP contribution is -2.36. The van der Waals surface area contributed by atoms with E-state index in [0.29, 0.717) is 10.8 Å². The third kappa shape index (κ3) is 3.99. The first-order chi connectivity index (χ1) is 10.4. The van der Waals surface area contributed by atoms with E-state index in [4.69, 9.17) is 11.6 Å². The Morgan fingerprint density at radius 1 is 1.50 bits per heavy atom. The fourth-order valence-electron chi connectivity index (χ4n) is 2.09. The number of carbonyl (C=O) groups excluding carboxylic acids is 1.